The maximum atomic E-state index is 12.8. The second-order valence-corrected chi connectivity index (χ2v) is 9.60. The molecule has 1 fully saturated rings. The number of morpholine rings is 1. The van der Waals surface area contributed by atoms with Crippen LogP contribution < -0.4 is 15.5 Å². The number of H-pyrrole nitrogens is 1. The second kappa shape index (κ2) is 10.9. The van der Waals surface area contributed by atoms with Gasteiger partial charge in [-0.05, 0) is 65.6 Å². The Balaban J connectivity index is 1.15. The summed E-state index contributed by atoms with van der Waals surface area (Å²) in [4.78, 5) is 32.0. The summed E-state index contributed by atoms with van der Waals surface area (Å²) in [5, 5.41) is 12.3. The summed E-state index contributed by atoms with van der Waals surface area (Å²) in [6.45, 7) is 3.25. The third-order valence-electron chi connectivity index (χ3n) is 6.94. The van der Waals surface area contributed by atoms with Crippen LogP contribution in [0.5, 0.6) is 0 Å². The third-order valence-corrected chi connectivity index (χ3v) is 6.94. The van der Waals surface area contributed by atoms with Gasteiger partial charge in [0, 0.05) is 42.6 Å². The number of aromatic amines is 1. The van der Waals surface area contributed by atoms with Crippen molar-refractivity contribution >= 4 is 40.8 Å². The maximum Gasteiger partial charge on any atom is 0.258 e. The molecule has 3 heterocycles. The Morgan fingerprint density at radius 3 is 2.69 bits per heavy atom. The highest BCUT2D eigenvalue weighted by Crippen LogP contribution is 2.33. The number of fused-ring (bicyclic) bond motifs is 1. The Bertz CT molecular complexity index is 1510. The number of rotatable bonds is 7. The van der Waals surface area contributed by atoms with Gasteiger partial charge in [-0.25, -0.2) is 0 Å². The number of amides is 2. The van der Waals surface area contributed by atoms with E-state index in [9.17, 15) is 9.59 Å². The minimum absolute atomic E-state index is 0.0835. The minimum atomic E-state index is -0.459. The molecule has 0 bridgehead atoms. The van der Waals surface area contributed by atoms with Gasteiger partial charge in [0.1, 0.15) is 5.92 Å². The normalized spacial score (nSPS) is 16.8. The molecule has 196 valence electrons. The molecule has 0 spiro atoms. The van der Waals surface area contributed by atoms with Crippen molar-refractivity contribution in [1.82, 2.24) is 10.2 Å². The van der Waals surface area contributed by atoms with Crippen LogP contribution in [-0.4, -0.2) is 54.5 Å². The molecular formula is C30H28N6O3. The molecule has 3 aromatic carbocycles. The third kappa shape index (κ3) is 5.58. The van der Waals surface area contributed by atoms with Gasteiger partial charge in [0.05, 0.1) is 30.7 Å². The van der Waals surface area contributed by atoms with Gasteiger partial charge in [-0.1, -0.05) is 24.3 Å². The topological polar surface area (TPSA) is 112 Å². The van der Waals surface area contributed by atoms with Crippen molar-refractivity contribution in [3.8, 4) is 0 Å². The molecule has 3 N–H and O–H groups in total. The highest BCUT2D eigenvalue weighted by Gasteiger charge is 2.29. The zero-order valence-electron chi connectivity index (χ0n) is 21.3. The SMILES string of the molecule is O=C(Nc1cccc(Cc2ccc3c(c2)C(C=Nc2ccc(N4CCOCC4)cc2)C(=O)N3)c1)c1cn[nH]c1. The number of aromatic nitrogens is 2. The number of nitrogens with zero attached hydrogens (tertiary/aromatic N) is 3. The fourth-order valence-corrected chi connectivity index (χ4v) is 4.90. The summed E-state index contributed by atoms with van der Waals surface area (Å²) >= 11 is 0. The van der Waals surface area contributed by atoms with Crippen LogP contribution in [0.4, 0.5) is 22.7 Å². The first kappa shape index (κ1) is 24.6. The largest absolute Gasteiger partial charge is 0.378 e. The van der Waals surface area contributed by atoms with E-state index in [4.69, 9.17) is 4.74 Å². The summed E-state index contributed by atoms with van der Waals surface area (Å²) in [6.07, 6.45) is 5.42. The average Bonchev–Trinajstić information content (AvgIpc) is 3.61. The fourth-order valence-electron chi connectivity index (χ4n) is 4.90. The molecule has 4 aromatic rings. The van der Waals surface area contributed by atoms with Crippen molar-refractivity contribution in [3.63, 3.8) is 0 Å². The fraction of sp³-hybridized carbons (Fsp3) is 0.200. The van der Waals surface area contributed by atoms with E-state index in [1.165, 1.54) is 6.20 Å². The monoisotopic (exact) mass is 520 g/mol. The number of benzene rings is 3. The van der Waals surface area contributed by atoms with Crippen molar-refractivity contribution in [1.29, 1.82) is 0 Å². The molecule has 1 aromatic heterocycles. The molecule has 2 aliphatic heterocycles. The predicted octanol–water partition coefficient (Wildman–Crippen LogP) is 4.53. The van der Waals surface area contributed by atoms with Gasteiger partial charge in [0.2, 0.25) is 5.91 Å². The van der Waals surface area contributed by atoms with Gasteiger partial charge in [0.15, 0.2) is 0 Å². The molecule has 1 unspecified atom stereocenters. The van der Waals surface area contributed by atoms with E-state index in [1.54, 1.807) is 12.4 Å². The molecule has 2 aliphatic rings. The maximum absolute atomic E-state index is 12.8. The van der Waals surface area contributed by atoms with Crippen LogP contribution in [0.15, 0.2) is 84.1 Å². The Labute approximate surface area is 225 Å². The molecule has 0 saturated carbocycles. The lowest BCUT2D eigenvalue weighted by Crippen LogP contribution is -2.36. The van der Waals surface area contributed by atoms with Crippen molar-refractivity contribution in [2.75, 3.05) is 41.8 Å². The number of hydrogen-bond acceptors (Lipinski definition) is 6. The minimum Gasteiger partial charge on any atom is -0.378 e. The number of ether oxygens (including phenoxy) is 1. The van der Waals surface area contributed by atoms with Crippen LogP contribution in [0.25, 0.3) is 0 Å². The summed E-state index contributed by atoms with van der Waals surface area (Å²) in [5.74, 6) is -0.764. The number of nitrogens with one attached hydrogen (secondary N) is 3. The quantitative estimate of drug-likeness (QED) is 0.310. The molecule has 2 amide bonds. The van der Waals surface area contributed by atoms with Crippen molar-refractivity contribution in [2.45, 2.75) is 12.3 Å². The zero-order valence-corrected chi connectivity index (χ0v) is 21.3. The molecule has 1 saturated heterocycles. The first-order valence-electron chi connectivity index (χ1n) is 12.9. The first-order chi connectivity index (χ1) is 19.1. The van der Waals surface area contributed by atoms with Gasteiger partial charge >= 0.3 is 0 Å². The summed E-state index contributed by atoms with van der Waals surface area (Å²) in [5.41, 5.74) is 6.96. The van der Waals surface area contributed by atoms with Gasteiger partial charge in [-0.2, -0.15) is 5.10 Å². The Morgan fingerprint density at radius 2 is 1.90 bits per heavy atom. The number of carbonyl (C=O) groups excluding carboxylic acids is 2. The van der Waals surface area contributed by atoms with Crippen LogP contribution in [0.1, 0.15) is 33.0 Å². The van der Waals surface area contributed by atoms with Crippen LogP contribution >= 0.6 is 0 Å². The van der Waals surface area contributed by atoms with Gasteiger partial charge < -0.3 is 20.3 Å². The summed E-state index contributed by atoms with van der Waals surface area (Å²) < 4.78 is 5.43. The molecule has 6 rings (SSSR count). The number of anilines is 3. The van der Waals surface area contributed by atoms with E-state index in [-0.39, 0.29) is 11.8 Å². The molecular weight excluding hydrogens is 492 g/mol. The van der Waals surface area contributed by atoms with Crippen LogP contribution in [0.2, 0.25) is 0 Å². The van der Waals surface area contributed by atoms with Crippen LogP contribution in [-0.2, 0) is 16.0 Å². The second-order valence-electron chi connectivity index (χ2n) is 9.60. The van der Waals surface area contributed by atoms with Crippen LogP contribution in [0, 0.1) is 0 Å². The van der Waals surface area contributed by atoms with E-state index in [1.807, 2.05) is 48.5 Å². The highest BCUT2D eigenvalue weighted by molar-refractivity contribution is 6.12. The average molecular weight is 521 g/mol. The van der Waals surface area contributed by atoms with Crippen LogP contribution in [0.3, 0.4) is 0 Å². The smallest absolute Gasteiger partial charge is 0.258 e. The van der Waals surface area contributed by atoms with E-state index in [0.29, 0.717) is 17.7 Å². The molecule has 0 radical (unpaired) electrons. The van der Waals surface area contributed by atoms with Gasteiger partial charge in [-0.15, -0.1) is 0 Å². The van der Waals surface area contributed by atoms with E-state index in [0.717, 1.165) is 60.1 Å². The highest BCUT2D eigenvalue weighted by atomic mass is 16.5. The lowest BCUT2D eigenvalue weighted by Gasteiger charge is -2.28. The first-order valence-corrected chi connectivity index (χ1v) is 12.9. The Hall–Kier alpha value is -4.76. The summed E-state index contributed by atoms with van der Waals surface area (Å²) in [6, 6.07) is 21.8. The van der Waals surface area contributed by atoms with E-state index < -0.39 is 5.92 Å². The molecule has 0 aliphatic carbocycles. The number of carbonyl (C=O) groups is 2. The van der Waals surface area contributed by atoms with Crippen molar-refractivity contribution < 1.29 is 14.3 Å². The Kier molecular flexibility index (Phi) is 6.88. The predicted molar refractivity (Wildman–Crippen MR) is 151 cm³/mol. The lowest BCUT2D eigenvalue weighted by atomic mass is 9.96. The zero-order chi connectivity index (χ0) is 26.6. The standard InChI is InChI=1S/C30H28N6O3/c37-29(22-17-32-33-18-22)34-24-3-1-2-20(15-24)14-21-4-9-28-26(16-21)27(30(38)35-28)19-31-23-5-7-25(8-6-23)36-10-12-39-13-11-36/h1-9,15-19,27H,10-14H2,(H,32,33)(H,34,37)(H,35,38). The molecule has 9 heteroatoms. The van der Waals surface area contributed by atoms with E-state index in [2.05, 4.69) is 48.9 Å². The van der Waals surface area contributed by atoms with Gasteiger partial charge in [0.25, 0.3) is 5.91 Å². The summed E-state index contributed by atoms with van der Waals surface area (Å²) in [7, 11) is 0. The van der Waals surface area contributed by atoms with E-state index >= 15 is 0 Å². The van der Waals surface area contributed by atoms with Crippen molar-refractivity contribution in [2.24, 2.45) is 4.99 Å². The van der Waals surface area contributed by atoms with Gasteiger partial charge in [-0.3, -0.25) is 19.7 Å². The number of hydrogen-bond donors (Lipinski definition) is 3. The van der Waals surface area contributed by atoms with Crippen molar-refractivity contribution in [3.05, 3.63) is 101 Å². The molecule has 39 heavy (non-hydrogen) atoms. The molecule has 1 atom stereocenters. The molecule has 9 nitrogen and oxygen atoms in total. The lowest BCUT2D eigenvalue weighted by molar-refractivity contribution is -0.115. The number of aliphatic imine (C=N–C) groups is 1. The Morgan fingerprint density at radius 1 is 1.08 bits per heavy atom.